The molecule has 8 nitrogen and oxygen atoms in total. The van der Waals surface area contributed by atoms with E-state index in [4.69, 9.17) is 15.6 Å². The molecule has 8 heteroatoms. The highest BCUT2D eigenvalue weighted by Gasteiger charge is 2.55. The third-order valence-electron chi connectivity index (χ3n) is 3.09. The summed E-state index contributed by atoms with van der Waals surface area (Å²) in [6.45, 7) is 0.945. The van der Waals surface area contributed by atoms with Crippen LogP contribution in [-0.2, 0) is 4.74 Å². The van der Waals surface area contributed by atoms with Crippen LogP contribution in [0.25, 0.3) is 0 Å². The van der Waals surface area contributed by atoms with Crippen molar-refractivity contribution in [2.45, 2.75) is 31.0 Å². The van der Waals surface area contributed by atoms with E-state index in [0.717, 1.165) is 4.57 Å². The Hall–Kier alpha value is -1.92. The second-order valence-corrected chi connectivity index (χ2v) is 4.40. The Kier molecular flexibility index (Phi) is 3.78. The van der Waals surface area contributed by atoms with Gasteiger partial charge in [-0.1, -0.05) is 5.92 Å². The fourth-order valence-corrected chi connectivity index (χ4v) is 2.13. The van der Waals surface area contributed by atoms with Gasteiger partial charge in [0.2, 0.25) is 0 Å². The third kappa shape index (κ3) is 2.17. The van der Waals surface area contributed by atoms with Crippen molar-refractivity contribution in [3.63, 3.8) is 0 Å². The SMILES string of the molecule is CC#CC1(O)[C@@H](O)[C@@H](CO)O[C@H]1n1ccc(N)nc1=O. The molecule has 2 rings (SSSR count). The number of ether oxygens (including phenoxy) is 1. The van der Waals surface area contributed by atoms with Crippen molar-refractivity contribution in [1.82, 2.24) is 9.55 Å². The van der Waals surface area contributed by atoms with E-state index in [2.05, 4.69) is 16.8 Å². The maximum atomic E-state index is 11.8. The summed E-state index contributed by atoms with van der Waals surface area (Å²) in [6.07, 6.45) is -2.53. The zero-order valence-corrected chi connectivity index (χ0v) is 10.7. The van der Waals surface area contributed by atoms with Gasteiger partial charge in [-0.3, -0.25) is 4.57 Å². The minimum absolute atomic E-state index is 0.0219. The van der Waals surface area contributed by atoms with Crippen molar-refractivity contribution >= 4 is 5.82 Å². The van der Waals surface area contributed by atoms with Crippen molar-refractivity contribution in [2.24, 2.45) is 0 Å². The summed E-state index contributed by atoms with van der Waals surface area (Å²) in [5.41, 5.74) is 2.61. The number of nitrogen functional groups attached to an aromatic ring is 1. The lowest BCUT2D eigenvalue weighted by atomic mass is 9.94. The minimum Gasteiger partial charge on any atom is -0.394 e. The van der Waals surface area contributed by atoms with Crippen LogP contribution in [0.3, 0.4) is 0 Å². The summed E-state index contributed by atoms with van der Waals surface area (Å²) in [7, 11) is 0. The van der Waals surface area contributed by atoms with E-state index in [-0.39, 0.29) is 5.82 Å². The van der Waals surface area contributed by atoms with Gasteiger partial charge < -0.3 is 25.8 Å². The first-order valence-electron chi connectivity index (χ1n) is 5.89. The molecular weight excluding hydrogens is 266 g/mol. The van der Waals surface area contributed by atoms with E-state index in [9.17, 15) is 15.0 Å². The normalized spacial score (nSPS) is 32.7. The van der Waals surface area contributed by atoms with Gasteiger partial charge in [-0.25, -0.2) is 4.79 Å². The highest BCUT2D eigenvalue weighted by Crippen LogP contribution is 2.37. The Morgan fingerprint density at radius 1 is 1.65 bits per heavy atom. The zero-order valence-electron chi connectivity index (χ0n) is 10.7. The van der Waals surface area contributed by atoms with Crippen LogP contribution < -0.4 is 11.4 Å². The molecule has 2 heterocycles. The molecule has 0 aliphatic carbocycles. The number of rotatable bonds is 2. The summed E-state index contributed by atoms with van der Waals surface area (Å²) in [4.78, 5) is 15.3. The van der Waals surface area contributed by atoms with E-state index >= 15 is 0 Å². The van der Waals surface area contributed by atoms with Crippen molar-refractivity contribution in [1.29, 1.82) is 0 Å². The van der Waals surface area contributed by atoms with Crippen LogP contribution in [-0.4, -0.2) is 49.3 Å². The fourth-order valence-electron chi connectivity index (χ4n) is 2.13. The summed E-state index contributed by atoms with van der Waals surface area (Å²) < 4.78 is 6.30. The first kappa shape index (κ1) is 14.5. The van der Waals surface area contributed by atoms with Crippen LogP contribution in [0.2, 0.25) is 0 Å². The molecule has 0 spiro atoms. The molecule has 1 aromatic heterocycles. The van der Waals surface area contributed by atoms with E-state index in [0.29, 0.717) is 0 Å². The number of aromatic nitrogens is 2. The Bertz CT molecular complexity index is 619. The molecule has 0 saturated carbocycles. The highest BCUT2D eigenvalue weighted by molar-refractivity contribution is 5.26. The number of nitrogens with zero attached hydrogens (tertiary/aromatic N) is 2. The van der Waals surface area contributed by atoms with Gasteiger partial charge in [0.25, 0.3) is 0 Å². The molecule has 1 saturated heterocycles. The average molecular weight is 281 g/mol. The Morgan fingerprint density at radius 3 is 2.90 bits per heavy atom. The first-order valence-corrected chi connectivity index (χ1v) is 5.89. The second kappa shape index (κ2) is 5.22. The van der Waals surface area contributed by atoms with Gasteiger partial charge in [-0.05, 0) is 13.0 Å². The van der Waals surface area contributed by atoms with Gasteiger partial charge in [-0.15, -0.1) is 5.92 Å². The van der Waals surface area contributed by atoms with E-state index in [1.807, 2.05) is 0 Å². The Labute approximate surface area is 114 Å². The summed E-state index contributed by atoms with van der Waals surface area (Å²) in [5.74, 6) is 4.92. The third-order valence-corrected chi connectivity index (χ3v) is 3.09. The molecular formula is C12H15N3O5. The highest BCUT2D eigenvalue weighted by atomic mass is 16.6. The van der Waals surface area contributed by atoms with Gasteiger partial charge in [0.1, 0.15) is 18.0 Å². The van der Waals surface area contributed by atoms with Gasteiger partial charge in [-0.2, -0.15) is 4.98 Å². The molecule has 0 bridgehead atoms. The molecule has 1 aliphatic heterocycles. The largest absolute Gasteiger partial charge is 0.394 e. The molecule has 0 aromatic carbocycles. The fraction of sp³-hybridized carbons (Fsp3) is 0.500. The standard InChI is InChI=1S/C12H15N3O5/c1-2-4-12(19)9(17)7(6-16)20-10(12)15-5-3-8(13)14-11(15)18/h3,5,7,9-10,16-17,19H,6H2,1H3,(H2,13,14,18)/t7-,9+,10-,12?/m1/s1. The maximum absolute atomic E-state index is 11.8. The monoisotopic (exact) mass is 281 g/mol. The molecule has 1 aromatic rings. The quantitative estimate of drug-likeness (QED) is 0.454. The number of hydrogen-bond acceptors (Lipinski definition) is 7. The molecule has 1 aliphatic rings. The lowest BCUT2D eigenvalue weighted by molar-refractivity contribution is -0.0764. The molecule has 4 atom stereocenters. The van der Waals surface area contributed by atoms with Crippen LogP contribution >= 0.6 is 0 Å². The summed E-state index contributed by atoms with van der Waals surface area (Å²) in [6, 6.07) is 1.35. The van der Waals surface area contributed by atoms with Crippen LogP contribution in [0.4, 0.5) is 5.82 Å². The smallest absolute Gasteiger partial charge is 0.351 e. The van der Waals surface area contributed by atoms with Gasteiger partial charge in [0.05, 0.1) is 6.61 Å². The van der Waals surface area contributed by atoms with Crippen molar-refractivity contribution in [2.75, 3.05) is 12.3 Å². The van der Waals surface area contributed by atoms with E-state index < -0.39 is 36.3 Å². The molecule has 0 radical (unpaired) electrons. The molecule has 5 N–H and O–H groups in total. The van der Waals surface area contributed by atoms with E-state index in [1.165, 1.54) is 19.2 Å². The number of aliphatic hydroxyl groups is 3. The van der Waals surface area contributed by atoms with Crippen LogP contribution in [0.5, 0.6) is 0 Å². The summed E-state index contributed by atoms with van der Waals surface area (Å²) in [5, 5.41) is 29.7. The lowest BCUT2D eigenvalue weighted by Gasteiger charge is -2.26. The first-order chi connectivity index (χ1) is 9.43. The molecule has 108 valence electrons. The topological polar surface area (TPSA) is 131 Å². The maximum Gasteiger partial charge on any atom is 0.351 e. The Morgan fingerprint density at radius 2 is 2.35 bits per heavy atom. The van der Waals surface area contributed by atoms with Crippen molar-refractivity contribution in [3.05, 3.63) is 22.7 Å². The predicted molar refractivity (Wildman–Crippen MR) is 68.3 cm³/mol. The molecule has 0 amide bonds. The van der Waals surface area contributed by atoms with Crippen LogP contribution in [0.15, 0.2) is 17.1 Å². The van der Waals surface area contributed by atoms with Gasteiger partial charge >= 0.3 is 5.69 Å². The van der Waals surface area contributed by atoms with Crippen molar-refractivity contribution < 1.29 is 20.1 Å². The van der Waals surface area contributed by atoms with Crippen LogP contribution in [0.1, 0.15) is 13.2 Å². The zero-order chi connectivity index (χ0) is 14.9. The molecule has 1 unspecified atom stereocenters. The number of anilines is 1. The second-order valence-electron chi connectivity index (χ2n) is 4.40. The van der Waals surface area contributed by atoms with Gasteiger partial charge in [0.15, 0.2) is 11.8 Å². The average Bonchev–Trinajstić information content (AvgIpc) is 2.63. The summed E-state index contributed by atoms with van der Waals surface area (Å²) >= 11 is 0. The Balaban J connectivity index is 2.52. The van der Waals surface area contributed by atoms with E-state index in [1.54, 1.807) is 0 Å². The lowest BCUT2D eigenvalue weighted by Crippen LogP contribution is -2.47. The van der Waals surface area contributed by atoms with Gasteiger partial charge in [0, 0.05) is 6.20 Å². The predicted octanol–water partition coefficient (Wildman–Crippen LogP) is -2.17. The molecule has 1 fully saturated rings. The molecule has 20 heavy (non-hydrogen) atoms. The minimum atomic E-state index is -2.02. The van der Waals surface area contributed by atoms with Crippen molar-refractivity contribution in [3.8, 4) is 11.8 Å². The number of hydrogen-bond donors (Lipinski definition) is 4. The number of aliphatic hydroxyl groups excluding tert-OH is 2. The van der Waals surface area contributed by atoms with Crippen LogP contribution in [0, 0.1) is 11.8 Å². The number of nitrogens with two attached hydrogens (primary N) is 1.